The molecule has 12 unspecified atom stereocenters. The molecule has 1 saturated heterocycles. The molecule has 0 aromatic heterocycles. The van der Waals surface area contributed by atoms with Crippen LogP contribution in [0.5, 0.6) is 0 Å². The number of nitrogens with one attached hydrogen (secondary N) is 11. The Morgan fingerprint density at radius 3 is 1.69 bits per heavy atom. The van der Waals surface area contributed by atoms with E-state index >= 15 is 0 Å². The molecular formula is C52H86N14O24. The number of esters is 1. The van der Waals surface area contributed by atoms with Crippen molar-refractivity contribution in [1.82, 2.24) is 58.5 Å². The third-order valence-electron chi connectivity index (χ3n) is 13.0. The molecule has 1 aliphatic heterocycles. The lowest BCUT2D eigenvalue weighted by molar-refractivity contribution is -0.156. The van der Waals surface area contributed by atoms with E-state index in [0.29, 0.717) is 6.42 Å². The van der Waals surface area contributed by atoms with E-state index in [-0.39, 0.29) is 32.7 Å². The number of carboxylic acid groups (broad SMARTS) is 4. The molecule has 12 atom stereocenters. The third-order valence-corrected chi connectivity index (χ3v) is 13.0. The van der Waals surface area contributed by atoms with Gasteiger partial charge in [0.05, 0.1) is 57.8 Å². The standard InChI is InChI=1S/C52H74N14O24.6H2/c1-5-6-11-27-46(83)63-29(16-39(76)77)47(84)58-22(3)43(80)61-28(15-38(74)75)45(82)56-18-36(71)60-32(20-67)49(86)65-41(21(2)12-37(72)73)51(88)64-31(14-33(68)24-9-7-8-10-25(24)53)52(89)90-23(4)42(50(87)57-19-35(70)59-27)66-48(85)30(17-40(78)79)62-44(81)26(54)13-34(55)69;;;;;;/h7-10,21-23,26-32,41-42,67H,5-6,11-20,53-54H2,1-4H3,(H2,55,69)(H,56,82)(H,57,87)(H,58,84)(H,59,70)(H,60,71)(H,61,80)(H,62,81)(H,63,83)(H,64,88)(H,65,86)(H,66,85)(H,72,73)(H,74,75)(H,76,77)(H,78,79);6*1H. The molecule has 0 spiro atoms. The van der Waals surface area contributed by atoms with E-state index in [1.165, 1.54) is 24.3 Å². The van der Waals surface area contributed by atoms with Crippen LogP contribution in [0.25, 0.3) is 0 Å². The molecular weight excluding hydrogens is 1200 g/mol. The van der Waals surface area contributed by atoms with Crippen molar-refractivity contribution in [3.05, 3.63) is 29.8 Å². The number of nitrogen functional groups attached to an aromatic ring is 1. The lowest BCUT2D eigenvalue weighted by Gasteiger charge is -2.30. The van der Waals surface area contributed by atoms with Gasteiger partial charge in [-0.2, -0.15) is 0 Å². The van der Waals surface area contributed by atoms with E-state index in [2.05, 4.69) is 37.2 Å². The lowest BCUT2D eigenvalue weighted by Crippen LogP contribution is -2.61. The SMILES string of the molecule is CCCCC1NC(=O)CNC(=O)C(NC(=O)C(CC(=O)O)NC(=O)C(N)CC(N)=O)C(C)OC(=O)C(CC(=O)c2ccccc2N)NC(=O)C(C(C)CC(=O)O)NC(=O)C(CO)NC(=O)CNC(=O)C(CC(=O)O)NC(=O)C(C)NC(=O)C(CC(=O)O)NC1=O.[HH].[HH].[HH].[HH].[HH].[HH]. The molecule has 38 heteroatoms. The number of carbonyl (C=O) groups is 18. The number of anilines is 1. The van der Waals surface area contributed by atoms with Crippen molar-refractivity contribution in [2.24, 2.45) is 17.4 Å². The number of aliphatic hydroxyl groups is 1. The number of benzene rings is 1. The van der Waals surface area contributed by atoms with Crippen LogP contribution < -0.4 is 75.7 Å². The van der Waals surface area contributed by atoms with Crippen molar-refractivity contribution in [2.75, 3.05) is 25.4 Å². The van der Waals surface area contributed by atoms with E-state index in [0.717, 1.165) is 20.8 Å². The van der Waals surface area contributed by atoms with E-state index in [9.17, 15) is 112 Å². The number of para-hydroxylation sites is 1. The summed E-state index contributed by atoms with van der Waals surface area (Å²) in [5, 5.41) is 71.8. The quantitative estimate of drug-likeness (QED) is 0.0291. The maximum absolute atomic E-state index is 14.5. The van der Waals surface area contributed by atoms with E-state index in [4.69, 9.17) is 21.9 Å². The summed E-state index contributed by atoms with van der Waals surface area (Å²) in [7, 11) is 0. The molecule has 1 aliphatic rings. The number of hydrogen-bond donors (Lipinski definition) is 19. The maximum atomic E-state index is 14.5. The number of aliphatic carboxylic acids is 4. The van der Waals surface area contributed by atoms with Gasteiger partial charge in [-0.15, -0.1) is 0 Å². The van der Waals surface area contributed by atoms with Gasteiger partial charge in [0.2, 0.25) is 70.9 Å². The first-order valence-corrected chi connectivity index (χ1v) is 27.5. The zero-order valence-corrected chi connectivity index (χ0v) is 48.9. The molecule has 1 aromatic rings. The van der Waals surface area contributed by atoms with Gasteiger partial charge >= 0.3 is 29.8 Å². The number of rotatable bonds is 22. The zero-order valence-electron chi connectivity index (χ0n) is 48.9. The molecule has 1 aromatic carbocycles. The van der Waals surface area contributed by atoms with Crippen LogP contribution in [0.3, 0.4) is 0 Å². The summed E-state index contributed by atoms with van der Waals surface area (Å²) in [6.45, 7) is 1.10. The van der Waals surface area contributed by atoms with Crippen molar-refractivity contribution in [3.8, 4) is 0 Å². The van der Waals surface area contributed by atoms with Gasteiger partial charge in [-0.1, -0.05) is 38.8 Å². The van der Waals surface area contributed by atoms with Gasteiger partial charge in [0.25, 0.3) is 0 Å². The number of ketones is 1. The number of Topliss-reactive ketones (excluding diaryl/α,β-unsaturated/α-hetero) is 1. The average Bonchev–Trinajstić information content (AvgIpc) is 0.967. The minimum absolute atomic E-state index is 0. The normalized spacial score (nSPS) is 23.5. The Balaban J connectivity index is -0.00000460. The number of amides is 12. The van der Waals surface area contributed by atoms with E-state index in [1.807, 2.05) is 21.3 Å². The molecule has 0 bridgehead atoms. The van der Waals surface area contributed by atoms with Crippen molar-refractivity contribution < 1.29 is 125 Å². The summed E-state index contributed by atoms with van der Waals surface area (Å²) < 4.78 is 5.55. The number of aliphatic hydroxyl groups excluding tert-OH is 1. The van der Waals surface area contributed by atoms with Crippen molar-refractivity contribution in [3.63, 3.8) is 0 Å². The van der Waals surface area contributed by atoms with Gasteiger partial charge in [0, 0.05) is 26.2 Å². The van der Waals surface area contributed by atoms with Crippen LogP contribution in [0.2, 0.25) is 0 Å². The summed E-state index contributed by atoms with van der Waals surface area (Å²) in [5.74, 6) is -26.9. The molecule has 90 heavy (non-hydrogen) atoms. The monoisotopic (exact) mass is 1290 g/mol. The molecule has 508 valence electrons. The van der Waals surface area contributed by atoms with Gasteiger partial charge in [-0.05, 0) is 38.3 Å². The molecule has 0 saturated carbocycles. The fourth-order valence-corrected chi connectivity index (χ4v) is 8.22. The van der Waals surface area contributed by atoms with Crippen LogP contribution >= 0.6 is 0 Å². The zero-order chi connectivity index (χ0) is 68.3. The van der Waals surface area contributed by atoms with Crippen LogP contribution in [0, 0.1) is 5.92 Å². The molecule has 1 heterocycles. The first kappa shape index (κ1) is 75.7. The smallest absolute Gasteiger partial charge is 0.329 e. The number of ether oxygens (including phenoxy) is 1. The third kappa shape index (κ3) is 25.9. The Hall–Kier alpha value is -10.4. The minimum atomic E-state index is -2.31. The second-order valence-corrected chi connectivity index (χ2v) is 20.5. The molecule has 12 amide bonds. The summed E-state index contributed by atoms with van der Waals surface area (Å²) >= 11 is 0. The fraction of sp³-hybridized carbons (Fsp3) is 0.538. The summed E-state index contributed by atoms with van der Waals surface area (Å²) in [6.07, 6.45) is -8.22. The highest BCUT2D eigenvalue weighted by Gasteiger charge is 2.40. The van der Waals surface area contributed by atoms with Crippen LogP contribution in [0.15, 0.2) is 24.3 Å². The Morgan fingerprint density at radius 2 is 1.14 bits per heavy atom. The molecule has 38 nitrogen and oxygen atoms in total. The van der Waals surface area contributed by atoms with Crippen LogP contribution in [-0.2, 0) is 86.2 Å². The number of hydrogen-bond acceptors (Lipinski definition) is 22. The second kappa shape index (κ2) is 36.7. The second-order valence-electron chi connectivity index (χ2n) is 20.5. The number of cyclic esters (lactones) is 1. The van der Waals surface area contributed by atoms with Gasteiger partial charge < -0.3 is 106 Å². The highest BCUT2D eigenvalue weighted by Crippen LogP contribution is 2.17. The predicted octanol–water partition coefficient (Wildman–Crippen LogP) is -7.20. The number of unbranched alkanes of at least 4 members (excludes halogenated alkanes) is 1. The molecule has 0 aliphatic carbocycles. The van der Waals surface area contributed by atoms with Gasteiger partial charge in [0.1, 0.15) is 60.5 Å². The van der Waals surface area contributed by atoms with Crippen molar-refractivity contribution in [1.29, 1.82) is 0 Å². The number of carboxylic acids is 4. The number of primary amides is 1. The Morgan fingerprint density at radius 1 is 0.622 bits per heavy atom. The number of carbonyl (C=O) groups excluding carboxylic acids is 14. The van der Waals surface area contributed by atoms with E-state index in [1.54, 1.807) is 6.92 Å². The van der Waals surface area contributed by atoms with Crippen molar-refractivity contribution in [2.45, 2.75) is 152 Å². The summed E-state index contributed by atoms with van der Waals surface area (Å²) in [6, 6.07) is -14.8. The summed E-state index contributed by atoms with van der Waals surface area (Å²) in [4.78, 5) is 237. The highest BCUT2D eigenvalue weighted by atomic mass is 16.5. The highest BCUT2D eigenvalue weighted by molar-refractivity contribution is 6.05. The average molecular weight is 1290 g/mol. The first-order chi connectivity index (χ1) is 42.1. The Kier molecular flexibility index (Phi) is 30.8. The predicted molar refractivity (Wildman–Crippen MR) is 314 cm³/mol. The minimum Gasteiger partial charge on any atom is -0.481 e. The van der Waals surface area contributed by atoms with Crippen LogP contribution in [0.1, 0.15) is 104 Å². The number of nitrogens with two attached hydrogens (primary N) is 3. The topological polar surface area (TPSA) is 628 Å². The maximum Gasteiger partial charge on any atom is 0.329 e. The van der Waals surface area contributed by atoms with Gasteiger partial charge in [0.15, 0.2) is 5.78 Å². The molecule has 22 N–H and O–H groups in total. The van der Waals surface area contributed by atoms with Gasteiger partial charge in [-0.25, -0.2) is 4.79 Å². The Labute approximate surface area is 519 Å². The molecule has 1 fully saturated rings. The lowest BCUT2D eigenvalue weighted by atomic mass is 9.96. The van der Waals surface area contributed by atoms with Crippen molar-refractivity contribution >= 4 is 112 Å². The fourth-order valence-electron chi connectivity index (χ4n) is 8.22. The molecule has 0 radical (unpaired) electrons. The van der Waals surface area contributed by atoms with Gasteiger partial charge in [-0.3, -0.25) is 81.5 Å². The van der Waals surface area contributed by atoms with Crippen LogP contribution in [-0.4, -0.2) is 218 Å². The largest absolute Gasteiger partial charge is 0.481 e. The molecule has 2 rings (SSSR count). The van der Waals surface area contributed by atoms with E-state index < -0.39 is 237 Å². The Bertz CT molecular complexity index is 2940. The van der Waals surface area contributed by atoms with Crippen LogP contribution in [0.4, 0.5) is 5.69 Å². The first-order valence-electron chi connectivity index (χ1n) is 27.5. The summed E-state index contributed by atoms with van der Waals surface area (Å²) in [5.41, 5.74) is 16.4.